The van der Waals surface area contributed by atoms with Crippen LogP contribution in [-0.2, 0) is 23.3 Å². The average Bonchev–Trinajstić information content (AvgIpc) is 2.87. The van der Waals surface area contributed by atoms with Gasteiger partial charge in [-0.15, -0.1) is 0 Å². The normalized spacial score (nSPS) is 11.9. The van der Waals surface area contributed by atoms with Crippen molar-refractivity contribution in [1.29, 1.82) is 0 Å². The molecule has 108 valence electrons. The highest BCUT2D eigenvalue weighted by Gasteiger charge is 2.13. The van der Waals surface area contributed by atoms with E-state index in [-0.39, 0.29) is 5.75 Å². The van der Waals surface area contributed by atoms with E-state index in [0.717, 1.165) is 16.5 Å². The molecule has 0 unspecified atom stereocenters. The number of sulfone groups is 1. The summed E-state index contributed by atoms with van der Waals surface area (Å²) in [6, 6.07) is 16.8. The molecule has 0 amide bonds. The van der Waals surface area contributed by atoms with Gasteiger partial charge in [0.25, 0.3) is 0 Å². The predicted molar refractivity (Wildman–Crippen MR) is 85.1 cm³/mol. The SMILES string of the molecule is Cn1ccc2cc(CCS(=O)(=O)c3ccccc3)ccc21. The maximum Gasteiger partial charge on any atom is 0.178 e. The van der Waals surface area contributed by atoms with Gasteiger partial charge >= 0.3 is 0 Å². The Morgan fingerprint density at radius 3 is 2.52 bits per heavy atom. The fourth-order valence-corrected chi connectivity index (χ4v) is 3.80. The zero-order valence-corrected chi connectivity index (χ0v) is 12.7. The summed E-state index contributed by atoms with van der Waals surface area (Å²) in [4.78, 5) is 0.394. The molecule has 0 N–H and O–H groups in total. The molecule has 0 aliphatic rings. The lowest BCUT2D eigenvalue weighted by atomic mass is 10.1. The second-order valence-electron chi connectivity index (χ2n) is 5.20. The first kappa shape index (κ1) is 13.9. The molecule has 0 radical (unpaired) electrons. The Morgan fingerprint density at radius 2 is 1.76 bits per heavy atom. The summed E-state index contributed by atoms with van der Waals surface area (Å²) < 4.78 is 26.6. The van der Waals surface area contributed by atoms with Gasteiger partial charge < -0.3 is 4.57 Å². The lowest BCUT2D eigenvalue weighted by molar-refractivity contribution is 0.595. The van der Waals surface area contributed by atoms with E-state index in [0.29, 0.717) is 11.3 Å². The molecule has 3 nitrogen and oxygen atoms in total. The van der Waals surface area contributed by atoms with Crippen molar-refractivity contribution in [3.63, 3.8) is 0 Å². The molecule has 0 spiro atoms. The van der Waals surface area contributed by atoms with Gasteiger partial charge in [0.15, 0.2) is 9.84 Å². The minimum Gasteiger partial charge on any atom is -0.351 e. The first-order valence-electron chi connectivity index (χ1n) is 6.88. The molecule has 0 aliphatic carbocycles. The molecular weight excluding hydrogens is 282 g/mol. The van der Waals surface area contributed by atoms with Crippen molar-refractivity contribution < 1.29 is 8.42 Å². The van der Waals surface area contributed by atoms with Crippen LogP contribution in [0.1, 0.15) is 5.56 Å². The van der Waals surface area contributed by atoms with Gasteiger partial charge in [-0.3, -0.25) is 0 Å². The third-order valence-electron chi connectivity index (χ3n) is 3.71. The van der Waals surface area contributed by atoms with E-state index in [1.807, 2.05) is 37.5 Å². The van der Waals surface area contributed by atoms with Gasteiger partial charge in [0.1, 0.15) is 0 Å². The Balaban J connectivity index is 1.80. The zero-order chi connectivity index (χ0) is 14.9. The quantitative estimate of drug-likeness (QED) is 0.742. The van der Waals surface area contributed by atoms with E-state index >= 15 is 0 Å². The van der Waals surface area contributed by atoms with E-state index in [4.69, 9.17) is 0 Å². The third kappa shape index (κ3) is 2.85. The lowest BCUT2D eigenvalue weighted by Crippen LogP contribution is -2.09. The Morgan fingerprint density at radius 1 is 1.00 bits per heavy atom. The van der Waals surface area contributed by atoms with Crippen LogP contribution >= 0.6 is 0 Å². The van der Waals surface area contributed by atoms with Gasteiger partial charge in [-0.2, -0.15) is 0 Å². The summed E-state index contributed by atoms with van der Waals surface area (Å²) >= 11 is 0. The maximum absolute atomic E-state index is 12.3. The molecule has 21 heavy (non-hydrogen) atoms. The van der Waals surface area contributed by atoms with Gasteiger partial charge in [-0.25, -0.2) is 8.42 Å². The van der Waals surface area contributed by atoms with Gasteiger partial charge in [0.2, 0.25) is 0 Å². The molecular formula is C17H17NO2S. The van der Waals surface area contributed by atoms with Crippen LogP contribution in [0.3, 0.4) is 0 Å². The smallest absolute Gasteiger partial charge is 0.178 e. The van der Waals surface area contributed by atoms with Crippen LogP contribution in [0, 0.1) is 0 Å². The second-order valence-corrected chi connectivity index (χ2v) is 7.31. The Bertz CT molecular complexity index is 864. The summed E-state index contributed by atoms with van der Waals surface area (Å²) in [7, 11) is -1.21. The number of fused-ring (bicyclic) bond motifs is 1. The molecule has 0 bridgehead atoms. The van der Waals surface area contributed by atoms with Crippen LogP contribution in [0.15, 0.2) is 65.7 Å². The molecule has 0 aliphatic heterocycles. The molecule has 1 heterocycles. The van der Waals surface area contributed by atoms with E-state index in [9.17, 15) is 8.42 Å². The first-order valence-corrected chi connectivity index (χ1v) is 8.53. The van der Waals surface area contributed by atoms with Gasteiger partial charge in [-0.1, -0.05) is 24.3 Å². The highest BCUT2D eigenvalue weighted by atomic mass is 32.2. The Hall–Kier alpha value is -2.07. The topological polar surface area (TPSA) is 39.1 Å². The minimum absolute atomic E-state index is 0.134. The minimum atomic E-state index is -3.21. The van der Waals surface area contributed by atoms with Crippen LogP contribution in [0.5, 0.6) is 0 Å². The molecule has 0 saturated heterocycles. The molecule has 1 aromatic heterocycles. The number of hydrogen-bond donors (Lipinski definition) is 0. The summed E-state index contributed by atoms with van der Waals surface area (Å²) in [5, 5.41) is 1.15. The van der Waals surface area contributed by atoms with Crippen LogP contribution in [0.2, 0.25) is 0 Å². The third-order valence-corrected chi connectivity index (χ3v) is 5.44. The summed E-state index contributed by atoms with van der Waals surface area (Å²) in [6.45, 7) is 0. The standard InChI is InChI=1S/C17H17NO2S/c1-18-11-9-15-13-14(7-8-17(15)18)10-12-21(19,20)16-5-3-2-4-6-16/h2-9,11,13H,10,12H2,1H3. The number of benzene rings is 2. The fraction of sp³-hybridized carbons (Fsp3) is 0.176. The lowest BCUT2D eigenvalue weighted by Gasteiger charge is -2.05. The highest BCUT2D eigenvalue weighted by Crippen LogP contribution is 2.18. The van der Waals surface area contributed by atoms with Gasteiger partial charge in [-0.05, 0) is 47.7 Å². The number of rotatable bonds is 4. The van der Waals surface area contributed by atoms with E-state index in [2.05, 4.69) is 10.6 Å². The number of aryl methyl sites for hydroxylation is 2. The summed E-state index contributed by atoms with van der Waals surface area (Å²) in [5.41, 5.74) is 2.21. The van der Waals surface area contributed by atoms with Crippen molar-refractivity contribution in [2.75, 3.05) is 5.75 Å². The monoisotopic (exact) mass is 299 g/mol. The molecule has 0 saturated carbocycles. The number of hydrogen-bond acceptors (Lipinski definition) is 2. The number of nitrogens with zero attached hydrogens (tertiary/aromatic N) is 1. The molecule has 3 rings (SSSR count). The van der Waals surface area contributed by atoms with Crippen molar-refractivity contribution in [2.24, 2.45) is 7.05 Å². The van der Waals surface area contributed by atoms with Crippen LogP contribution < -0.4 is 0 Å². The summed E-state index contributed by atoms with van der Waals surface area (Å²) in [6.07, 6.45) is 2.54. The number of aromatic nitrogens is 1. The van der Waals surface area contributed by atoms with E-state index in [1.165, 1.54) is 0 Å². The van der Waals surface area contributed by atoms with Crippen molar-refractivity contribution in [1.82, 2.24) is 4.57 Å². The second kappa shape index (κ2) is 5.37. The average molecular weight is 299 g/mol. The molecule has 0 atom stereocenters. The molecule has 2 aromatic carbocycles. The zero-order valence-electron chi connectivity index (χ0n) is 11.9. The Labute approximate surface area is 124 Å². The molecule has 3 aromatic rings. The van der Waals surface area contributed by atoms with Crippen molar-refractivity contribution in [2.45, 2.75) is 11.3 Å². The van der Waals surface area contributed by atoms with Crippen LogP contribution in [0.4, 0.5) is 0 Å². The fourth-order valence-electron chi connectivity index (χ4n) is 2.48. The van der Waals surface area contributed by atoms with Gasteiger partial charge in [0.05, 0.1) is 10.6 Å². The molecule has 0 fully saturated rings. The highest BCUT2D eigenvalue weighted by molar-refractivity contribution is 7.91. The largest absolute Gasteiger partial charge is 0.351 e. The van der Waals surface area contributed by atoms with Gasteiger partial charge in [0, 0.05) is 18.8 Å². The van der Waals surface area contributed by atoms with Crippen LogP contribution in [0.25, 0.3) is 10.9 Å². The van der Waals surface area contributed by atoms with Crippen molar-refractivity contribution in [3.8, 4) is 0 Å². The summed E-state index contributed by atoms with van der Waals surface area (Å²) in [5.74, 6) is 0.134. The van der Waals surface area contributed by atoms with E-state index in [1.54, 1.807) is 24.3 Å². The van der Waals surface area contributed by atoms with E-state index < -0.39 is 9.84 Å². The first-order chi connectivity index (χ1) is 10.1. The van der Waals surface area contributed by atoms with Crippen molar-refractivity contribution >= 4 is 20.7 Å². The Kier molecular flexibility index (Phi) is 3.55. The van der Waals surface area contributed by atoms with Crippen molar-refractivity contribution in [3.05, 3.63) is 66.4 Å². The van der Waals surface area contributed by atoms with Crippen LogP contribution in [-0.4, -0.2) is 18.7 Å². The predicted octanol–water partition coefficient (Wildman–Crippen LogP) is 3.19. The molecule has 4 heteroatoms. The maximum atomic E-state index is 12.3.